The van der Waals surface area contributed by atoms with Crippen LogP contribution in [0.25, 0.3) is 21.8 Å². The van der Waals surface area contributed by atoms with E-state index >= 15 is 0 Å². The first-order valence-corrected chi connectivity index (χ1v) is 12.8. The molecule has 9 N–H and O–H groups in total. The van der Waals surface area contributed by atoms with Crippen molar-refractivity contribution in [1.82, 2.24) is 25.9 Å². The number of carboxylic acids is 1. The van der Waals surface area contributed by atoms with E-state index in [1.165, 1.54) is 6.92 Å². The Labute approximate surface area is 229 Å². The van der Waals surface area contributed by atoms with Crippen LogP contribution >= 0.6 is 0 Å². The number of aliphatic hydroxyl groups excluding tert-OH is 1. The minimum atomic E-state index is -1.24. The molecule has 2 heterocycles. The van der Waals surface area contributed by atoms with Crippen LogP contribution in [0.2, 0.25) is 0 Å². The highest BCUT2D eigenvalue weighted by molar-refractivity contribution is 5.95. The van der Waals surface area contributed by atoms with Gasteiger partial charge in [0.1, 0.15) is 24.2 Å². The van der Waals surface area contributed by atoms with Crippen LogP contribution in [0.15, 0.2) is 60.9 Å². The average molecular weight is 549 g/mol. The van der Waals surface area contributed by atoms with Crippen molar-refractivity contribution >= 4 is 45.5 Å². The lowest BCUT2D eigenvalue weighted by molar-refractivity contribution is -0.142. The summed E-state index contributed by atoms with van der Waals surface area (Å²) in [4.78, 5) is 56.8. The number of hydrogen-bond donors (Lipinski definition) is 8. The average Bonchev–Trinajstić information content (AvgIpc) is 3.55. The predicted molar refractivity (Wildman–Crippen MR) is 148 cm³/mol. The number of hydrogen-bond acceptors (Lipinski definition) is 6. The third kappa shape index (κ3) is 6.47. The van der Waals surface area contributed by atoms with Gasteiger partial charge in [-0.15, -0.1) is 0 Å². The van der Waals surface area contributed by atoms with E-state index in [0.29, 0.717) is 0 Å². The molecule has 12 nitrogen and oxygen atoms in total. The molecule has 210 valence electrons. The molecule has 2 aromatic carbocycles. The Morgan fingerprint density at radius 3 is 1.80 bits per heavy atom. The molecule has 0 radical (unpaired) electrons. The van der Waals surface area contributed by atoms with Gasteiger partial charge in [-0.25, -0.2) is 4.79 Å². The molecule has 3 amide bonds. The Kier molecular flexibility index (Phi) is 8.82. The summed E-state index contributed by atoms with van der Waals surface area (Å²) in [5.74, 6) is -3.33. The van der Waals surface area contributed by atoms with E-state index in [9.17, 15) is 29.4 Å². The van der Waals surface area contributed by atoms with Crippen molar-refractivity contribution in [2.24, 2.45) is 5.73 Å². The number of amides is 3. The van der Waals surface area contributed by atoms with Gasteiger partial charge in [0.25, 0.3) is 0 Å². The van der Waals surface area contributed by atoms with Gasteiger partial charge < -0.3 is 41.9 Å². The maximum absolute atomic E-state index is 13.2. The molecule has 4 aromatic rings. The second-order valence-corrected chi connectivity index (χ2v) is 9.61. The quantitative estimate of drug-likeness (QED) is 0.124. The fourth-order valence-corrected chi connectivity index (χ4v) is 4.49. The number of aliphatic carboxylic acids is 1. The summed E-state index contributed by atoms with van der Waals surface area (Å²) in [5.41, 5.74) is 8.79. The van der Waals surface area contributed by atoms with Crippen LogP contribution in [-0.2, 0) is 32.0 Å². The molecule has 0 bridgehead atoms. The third-order valence-corrected chi connectivity index (χ3v) is 6.73. The van der Waals surface area contributed by atoms with Crippen LogP contribution in [0.3, 0.4) is 0 Å². The van der Waals surface area contributed by atoms with Crippen LogP contribution in [-0.4, -0.2) is 74.6 Å². The lowest BCUT2D eigenvalue weighted by atomic mass is 10.0. The van der Waals surface area contributed by atoms with Gasteiger partial charge in [-0.05, 0) is 30.2 Å². The fourth-order valence-electron chi connectivity index (χ4n) is 4.49. The highest BCUT2D eigenvalue weighted by Gasteiger charge is 2.29. The van der Waals surface area contributed by atoms with Gasteiger partial charge >= 0.3 is 5.97 Å². The minimum absolute atomic E-state index is 0.0318. The molecule has 4 rings (SSSR count). The van der Waals surface area contributed by atoms with Crippen LogP contribution < -0.4 is 21.7 Å². The van der Waals surface area contributed by atoms with Gasteiger partial charge in [0, 0.05) is 47.0 Å². The number of aliphatic hydroxyl groups is 1. The van der Waals surface area contributed by atoms with Crippen molar-refractivity contribution in [2.45, 2.75) is 43.9 Å². The maximum Gasteiger partial charge on any atom is 0.326 e. The number of para-hydroxylation sites is 2. The molecule has 40 heavy (non-hydrogen) atoms. The smallest absolute Gasteiger partial charge is 0.326 e. The van der Waals surface area contributed by atoms with Gasteiger partial charge in [-0.1, -0.05) is 36.4 Å². The summed E-state index contributed by atoms with van der Waals surface area (Å²) in [7, 11) is 0. The highest BCUT2D eigenvalue weighted by atomic mass is 16.4. The number of fused-ring (bicyclic) bond motifs is 2. The molecule has 0 saturated heterocycles. The number of nitrogens with two attached hydrogens (primary N) is 1. The number of H-pyrrole nitrogens is 2. The highest BCUT2D eigenvalue weighted by Crippen LogP contribution is 2.20. The monoisotopic (exact) mass is 548 g/mol. The van der Waals surface area contributed by atoms with E-state index in [1.807, 2.05) is 48.5 Å². The minimum Gasteiger partial charge on any atom is -0.480 e. The molecule has 0 aliphatic carbocycles. The summed E-state index contributed by atoms with van der Waals surface area (Å²) >= 11 is 0. The van der Waals surface area contributed by atoms with E-state index in [1.54, 1.807) is 12.4 Å². The number of aromatic amines is 2. The molecule has 4 atom stereocenters. The summed E-state index contributed by atoms with van der Waals surface area (Å²) in [6, 6.07) is 10.1. The van der Waals surface area contributed by atoms with Gasteiger partial charge in [-0.2, -0.15) is 0 Å². The summed E-state index contributed by atoms with van der Waals surface area (Å²) in [5, 5.41) is 28.3. The zero-order valence-electron chi connectivity index (χ0n) is 21.8. The molecule has 0 saturated carbocycles. The Bertz CT molecular complexity index is 1530. The third-order valence-electron chi connectivity index (χ3n) is 6.73. The zero-order chi connectivity index (χ0) is 28.8. The normalized spacial score (nSPS) is 14.3. The fraction of sp³-hybridized carbons (Fsp3) is 0.286. The van der Waals surface area contributed by atoms with E-state index in [0.717, 1.165) is 32.9 Å². The lowest BCUT2D eigenvalue weighted by Gasteiger charge is -2.23. The SMILES string of the molecule is CC(NC(=O)C(Cc1c[nH]c2ccccc12)NC(=O)C(N)CO)C(=O)NC(Cc1c[nH]c2ccccc12)C(=O)O. The van der Waals surface area contributed by atoms with Crippen molar-refractivity contribution in [2.75, 3.05) is 6.61 Å². The Morgan fingerprint density at radius 2 is 1.27 bits per heavy atom. The van der Waals surface area contributed by atoms with Crippen molar-refractivity contribution in [3.05, 3.63) is 72.1 Å². The Balaban J connectivity index is 1.45. The molecular weight excluding hydrogens is 516 g/mol. The van der Waals surface area contributed by atoms with Gasteiger partial charge in [0.2, 0.25) is 17.7 Å². The van der Waals surface area contributed by atoms with Crippen molar-refractivity contribution in [3.63, 3.8) is 0 Å². The van der Waals surface area contributed by atoms with Gasteiger partial charge in [0.05, 0.1) is 6.61 Å². The van der Waals surface area contributed by atoms with Gasteiger partial charge in [0.15, 0.2) is 0 Å². The number of carbonyl (C=O) groups excluding carboxylic acids is 3. The van der Waals surface area contributed by atoms with Crippen LogP contribution in [0.1, 0.15) is 18.1 Å². The summed E-state index contributed by atoms with van der Waals surface area (Å²) < 4.78 is 0. The van der Waals surface area contributed by atoms with Crippen LogP contribution in [0.5, 0.6) is 0 Å². The van der Waals surface area contributed by atoms with E-state index < -0.39 is 54.5 Å². The number of carbonyl (C=O) groups is 4. The standard InChI is InChI=1S/C28H32N6O6/c1-15(25(36)34-24(28(39)40)11-17-13-31-22-9-5-3-7-19(17)22)32-27(38)23(33-26(37)20(29)14-35)10-16-12-30-21-8-4-2-6-18(16)21/h2-9,12-13,15,20,23-24,30-31,35H,10-11,14,29H2,1H3,(H,32,38)(H,33,37)(H,34,36)(H,39,40). The molecule has 0 aliphatic heterocycles. The predicted octanol–water partition coefficient (Wildman–Crippen LogP) is 0.313. The Hall–Kier alpha value is -4.68. The van der Waals surface area contributed by atoms with Gasteiger partial charge in [-0.3, -0.25) is 14.4 Å². The topological polar surface area (TPSA) is 202 Å². The first kappa shape index (κ1) is 28.3. The number of nitrogens with one attached hydrogen (secondary N) is 5. The lowest BCUT2D eigenvalue weighted by Crippen LogP contribution is -2.57. The maximum atomic E-state index is 13.2. The second kappa shape index (κ2) is 12.5. The first-order chi connectivity index (χ1) is 19.2. The van der Waals surface area contributed by atoms with Crippen molar-refractivity contribution < 1.29 is 29.4 Å². The van der Waals surface area contributed by atoms with E-state index in [-0.39, 0.29) is 12.8 Å². The molecule has 12 heteroatoms. The largest absolute Gasteiger partial charge is 0.480 e. The summed E-state index contributed by atoms with van der Waals surface area (Å²) in [6.45, 7) is 0.806. The number of rotatable bonds is 12. The first-order valence-electron chi connectivity index (χ1n) is 12.8. The number of benzene rings is 2. The molecular formula is C28H32N6O6. The summed E-state index contributed by atoms with van der Waals surface area (Å²) in [6.07, 6.45) is 3.53. The second-order valence-electron chi connectivity index (χ2n) is 9.61. The molecule has 2 aromatic heterocycles. The van der Waals surface area contributed by atoms with E-state index in [2.05, 4.69) is 25.9 Å². The van der Waals surface area contributed by atoms with Crippen LogP contribution in [0, 0.1) is 0 Å². The Morgan fingerprint density at radius 1 is 0.775 bits per heavy atom. The zero-order valence-corrected chi connectivity index (χ0v) is 21.8. The molecule has 0 spiro atoms. The van der Waals surface area contributed by atoms with Crippen molar-refractivity contribution in [1.29, 1.82) is 0 Å². The molecule has 0 aliphatic rings. The van der Waals surface area contributed by atoms with Crippen LogP contribution in [0.4, 0.5) is 0 Å². The van der Waals surface area contributed by atoms with E-state index in [4.69, 9.17) is 5.73 Å². The number of aromatic nitrogens is 2. The molecule has 4 unspecified atom stereocenters. The molecule has 0 fully saturated rings. The van der Waals surface area contributed by atoms with Crippen molar-refractivity contribution in [3.8, 4) is 0 Å². The number of carboxylic acid groups (broad SMARTS) is 1.